The summed E-state index contributed by atoms with van der Waals surface area (Å²) in [6.45, 7) is 3.72. The second kappa shape index (κ2) is 6.30. The van der Waals surface area contributed by atoms with Crippen molar-refractivity contribution < 1.29 is 9.59 Å². The highest BCUT2D eigenvalue weighted by molar-refractivity contribution is 6.02. The van der Waals surface area contributed by atoms with Crippen LogP contribution in [0.4, 0.5) is 0 Å². The van der Waals surface area contributed by atoms with Crippen molar-refractivity contribution in [1.29, 1.82) is 0 Å². The molecule has 0 bridgehead atoms. The Kier molecular flexibility index (Phi) is 4.35. The molecule has 0 saturated heterocycles. The number of hydrogen-bond donors (Lipinski definition) is 3. The zero-order valence-corrected chi connectivity index (χ0v) is 14.4. The minimum atomic E-state index is -0.983. The molecule has 0 radical (unpaired) electrons. The molecule has 2 aromatic rings. The first-order chi connectivity index (χ1) is 11.5. The van der Waals surface area contributed by atoms with Gasteiger partial charge in [-0.15, -0.1) is 0 Å². The van der Waals surface area contributed by atoms with Gasteiger partial charge in [-0.25, -0.2) is 0 Å². The quantitative estimate of drug-likeness (QED) is 0.788. The zero-order valence-electron chi connectivity index (χ0n) is 14.4. The van der Waals surface area contributed by atoms with Crippen LogP contribution in [0, 0.1) is 0 Å². The van der Waals surface area contributed by atoms with Crippen LogP contribution in [-0.2, 0) is 17.6 Å². The van der Waals surface area contributed by atoms with E-state index in [9.17, 15) is 9.59 Å². The molecule has 0 unspecified atom stereocenters. The Bertz CT molecular complexity index is 787. The van der Waals surface area contributed by atoms with Gasteiger partial charge in [-0.3, -0.25) is 9.59 Å². The standard InChI is InChI=1S/C19H25N3O2/c1-3-19(4-2,18(20)24)22-17(23)12-9-10-16-14(11-12)13-7-5-6-8-15(13)21-16/h9-11,21H,3-8H2,1-2H3,(H2,20,24)(H,22,23). The number of aromatic nitrogens is 1. The summed E-state index contributed by atoms with van der Waals surface area (Å²) in [6.07, 6.45) is 5.48. The molecule has 1 aliphatic rings. The van der Waals surface area contributed by atoms with Crippen LogP contribution in [0.2, 0.25) is 0 Å². The van der Waals surface area contributed by atoms with Crippen LogP contribution in [0.15, 0.2) is 18.2 Å². The van der Waals surface area contributed by atoms with E-state index in [0.717, 1.165) is 23.7 Å². The van der Waals surface area contributed by atoms with Crippen LogP contribution < -0.4 is 11.1 Å². The number of H-pyrrole nitrogens is 1. The Balaban J connectivity index is 1.94. The Morgan fingerprint density at radius 1 is 1.21 bits per heavy atom. The first-order valence-corrected chi connectivity index (χ1v) is 8.76. The van der Waals surface area contributed by atoms with Gasteiger partial charge in [0.25, 0.3) is 5.91 Å². The molecule has 0 fully saturated rings. The SMILES string of the molecule is CCC(CC)(NC(=O)c1ccc2[nH]c3c(c2c1)CCCC3)C(N)=O. The lowest BCUT2D eigenvalue weighted by atomic mass is 9.91. The van der Waals surface area contributed by atoms with E-state index in [-0.39, 0.29) is 5.91 Å². The lowest BCUT2D eigenvalue weighted by molar-refractivity contribution is -0.124. The number of amides is 2. The van der Waals surface area contributed by atoms with E-state index in [1.165, 1.54) is 24.1 Å². The molecule has 1 heterocycles. The molecule has 0 aliphatic heterocycles. The third-order valence-corrected chi connectivity index (χ3v) is 5.39. The summed E-state index contributed by atoms with van der Waals surface area (Å²) in [4.78, 5) is 28.0. The molecule has 1 aliphatic carbocycles. The van der Waals surface area contributed by atoms with Gasteiger partial charge in [-0.2, -0.15) is 0 Å². The maximum atomic E-state index is 12.7. The fraction of sp³-hybridized carbons (Fsp3) is 0.474. The molecule has 0 spiro atoms. The van der Waals surface area contributed by atoms with Gasteiger partial charge < -0.3 is 16.0 Å². The highest BCUT2D eigenvalue weighted by atomic mass is 16.2. The van der Waals surface area contributed by atoms with Crippen LogP contribution in [0.25, 0.3) is 10.9 Å². The third kappa shape index (κ3) is 2.68. The topological polar surface area (TPSA) is 88.0 Å². The van der Waals surface area contributed by atoms with Gasteiger partial charge in [0.2, 0.25) is 5.91 Å². The average Bonchev–Trinajstić information content (AvgIpc) is 2.97. The summed E-state index contributed by atoms with van der Waals surface area (Å²) in [5.41, 5.74) is 8.81. The summed E-state index contributed by atoms with van der Waals surface area (Å²) in [7, 11) is 0. The molecule has 1 aromatic heterocycles. The Morgan fingerprint density at radius 3 is 2.58 bits per heavy atom. The Morgan fingerprint density at radius 2 is 1.92 bits per heavy atom. The molecule has 1 aromatic carbocycles. The van der Waals surface area contributed by atoms with Crippen molar-refractivity contribution in [1.82, 2.24) is 10.3 Å². The predicted molar refractivity (Wildman–Crippen MR) is 94.9 cm³/mol. The van der Waals surface area contributed by atoms with Gasteiger partial charge in [0.1, 0.15) is 5.54 Å². The van der Waals surface area contributed by atoms with Crippen LogP contribution >= 0.6 is 0 Å². The minimum Gasteiger partial charge on any atom is -0.368 e. The summed E-state index contributed by atoms with van der Waals surface area (Å²) in [5, 5.41) is 3.98. The maximum absolute atomic E-state index is 12.7. The number of aryl methyl sites for hydroxylation is 2. The first kappa shape index (κ1) is 16.6. The largest absolute Gasteiger partial charge is 0.368 e. The van der Waals surface area contributed by atoms with E-state index in [1.54, 1.807) is 6.07 Å². The van der Waals surface area contributed by atoms with Crippen molar-refractivity contribution in [2.24, 2.45) is 5.73 Å². The molecule has 128 valence electrons. The summed E-state index contributed by atoms with van der Waals surface area (Å²) in [6, 6.07) is 5.69. The third-order valence-electron chi connectivity index (χ3n) is 5.39. The number of nitrogens with one attached hydrogen (secondary N) is 2. The number of hydrogen-bond acceptors (Lipinski definition) is 2. The monoisotopic (exact) mass is 327 g/mol. The molecule has 0 saturated carbocycles. The van der Waals surface area contributed by atoms with E-state index in [4.69, 9.17) is 5.73 Å². The number of rotatable bonds is 5. The molecular weight excluding hydrogens is 302 g/mol. The van der Waals surface area contributed by atoms with Gasteiger partial charge in [0.15, 0.2) is 0 Å². The molecule has 5 nitrogen and oxygen atoms in total. The summed E-state index contributed by atoms with van der Waals surface area (Å²) in [5.74, 6) is -0.730. The van der Waals surface area contributed by atoms with Crippen molar-refractivity contribution in [2.75, 3.05) is 0 Å². The normalized spacial score (nSPS) is 14.4. The second-order valence-electron chi connectivity index (χ2n) is 6.66. The lowest BCUT2D eigenvalue weighted by Gasteiger charge is -2.29. The number of fused-ring (bicyclic) bond motifs is 3. The van der Waals surface area contributed by atoms with E-state index >= 15 is 0 Å². The molecule has 2 amide bonds. The highest BCUT2D eigenvalue weighted by Gasteiger charge is 2.34. The van der Waals surface area contributed by atoms with E-state index in [2.05, 4.69) is 10.3 Å². The number of primary amides is 1. The average molecular weight is 327 g/mol. The number of nitrogens with two attached hydrogens (primary N) is 1. The van der Waals surface area contributed by atoms with E-state index < -0.39 is 11.4 Å². The van der Waals surface area contributed by atoms with Crippen LogP contribution in [0.1, 0.15) is 61.1 Å². The van der Waals surface area contributed by atoms with Crippen molar-refractivity contribution in [3.05, 3.63) is 35.0 Å². The van der Waals surface area contributed by atoms with Crippen LogP contribution in [0.5, 0.6) is 0 Å². The Hall–Kier alpha value is -2.30. The fourth-order valence-electron chi connectivity index (χ4n) is 3.67. The Labute approximate surface area is 142 Å². The number of benzene rings is 1. The van der Waals surface area contributed by atoms with Crippen molar-refractivity contribution in [3.63, 3.8) is 0 Å². The van der Waals surface area contributed by atoms with Crippen LogP contribution in [0.3, 0.4) is 0 Å². The summed E-state index contributed by atoms with van der Waals surface area (Å²) < 4.78 is 0. The molecule has 0 atom stereocenters. The molecule has 3 rings (SSSR count). The van der Waals surface area contributed by atoms with Crippen molar-refractivity contribution in [2.45, 2.75) is 57.9 Å². The molecule has 4 N–H and O–H groups in total. The smallest absolute Gasteiger partial charge is 0.252 e. The van der Waals surface area contributed by atoms with Gasteiger partial charge in [0.05, 0.1) is 0 Å². The maximum Gasteiger partial charge on any atom is 0.252 e. The van der Waals surface area contributed by atoms with Gasteiger partial charge >= 0.3 is 0 Å². The van der Waals surface area contributed by atoms with Gasteiger partial charge in [0, 0.05) is 22.2 Å². The number of aromatic amines is 1. The first-order valence-electron chi connectivity index (χ1n) is 8.76. The minimum absolute atomic E-state index is 0.245. The second-order valence-corrected chi connectivity index (χ2v) is 6.66. The predicted octanol–water partition coefficient (Wildman–Crippen LogP) is 2.82. The van der Waals surface area contributed by atoms with Crippen LogP contribution in [-0.4, -0.2) is 22.3 Å². The highest BCUT2D eigenvalue weighted by Crippen LogP contribution is 2.30. The molecular formula is C19H25N3O2. The lowest BCUT2D eigenvalue weighted by Crippen LogP contribution is -2.56. The van der Waals surface area contributed by atoms with E-state index in [1.807, 2.05) is 26.0 Å². The van der Waals surface area contributed by atoms with Gasteiger partial charge in [-0.1, -0.05) is 13.8 Å². The number of carbonyl (C=O) groups is 2. The van der Waals surface area contributed by atoms with E-state index in [0.29, 0.717) is 18.4 Å². The fourth-order valence-corrected chi connectivity index (χ4v) is 3.67. The summed E-state index contributed by atoms with van der Waals surface area (Å²) >= 11 is 0. The van der Waals surface area contributed by atoms with Crippen molar-refractivity contribution >= 4 is 22.7 Å². The number of carbonyl (C=O) groups excluding carboxylic acids is 2. The zero-order chi connectivity index (χ0) is 17.3. The van der Waals surface area contributed by atoms with Crippen molar-refractivity contribution in [3.8, 4) is 0 Å². The molecule has 24 heavy (non-hydrogen) atoms. The van der Waals surface area contributed by atoms with Gasteiger partial charge in [-0.05, 0) is 62.3 Å². The molecule has 5 heteroatoms.